The second kappa shape index (κ2) is 6.46. The summed E-state index contributed by atoms with van der Waals surface area (Å²) < 4.78 is 5.24. The number of thioether (sulfide) groups is 1. The molecule has 1 heterocycles. The summed E-state index contributed by atoms with van der Waals surface area (Å²) in [6, 6.07) is 1.78. The van der Waals surface area contributed by atoms with Crippen LogP contribution >= 0.6 is 11.8 Å². The van der Waals surface area contributed by atoms with E-state index in [4.69, 9.17) is 9.52 Å². The van der Waals surface area contributed by atoms with Crippen molar-refractivity contribution in [2.45, 2.75) is 24.8 Å². The van der Waals surface area contributed by atoms with E-state index in [0.717, 1.165) is 0 Å². The lowest BCUT2D eigenvalue weighted by molar-refractivity contribution is -0.141. The second-order valence-corrected chi connectivity index (χ2v) is 4.59. The number of aliphatic carboxylic acids is 1. The summed E-state index contributed by atoms with van der Waals surface area (Å²) in [6.07, 6.45) is 0.711. The van der Waals surface area contributed by atoms with Gasteiger partial charge < -0.3 is 19.9 Å². The van der Waals surface area contributed by atoms with Gasteiger partial charge in [-0.3, -0.25) is 4.79 Å². The number of aliphatic hydroxyl groups is 1. The lowest BCUT2D eigenvalue weighted by atomic mass is 10.2. The van der Waals surface area contributed by atoms with Crippen LogP contribution < -0.4 is 5.32 Å². The number of hydrogen-bond donors (Lipinski definition) is 3. The van der Waals surface area contributed by atoms with Gasteiger partial charge in [0.05, 0.1) is 11.9 Å². The Labute approximate surface area is 108 Å². The van der Waals surface area contributed by atoms with Crippen molar-refractivity contribution < 1.29 is 24.2 Å². The number of aliphatic hydroxyl groups excluding tert-OH is 1. The lowest BCUT2D eigenvalue weighted by Crippen LogP contribution is -2.47. The number of rotatable bonds is 6. The Morgan fingerprint density at radius 3 is 2.67 bits per heavy atom. The van der Waals surface area contributed by atoms with E-state index in [1.54, 1.807) is 17.8 Å². The van der Waals surface area contributed by atoms with Gasteiger partial charge in [-0.15, -0.1) is 0 Å². The Kier molecular flexibility index (Phi) is 5.24. The van der Waals surface area contributed by atoms with Gasteiger partial charge in [0.15, 0.2) is 11.8 Å². The zero-order valence-corrected chi connectivity index (χ0v) is 10.9. The molecule has 0 spiro atoms. The summed E-state index contributed by atoms with van der Waals surface area (Å²) in [5, 5.41) is 20.3. The first-order valence-corrected chi connectivity index (χ1v) is 6.64. The van der Waals surface area contributed by atoms with Crippen molar-refractivity contribution in [3.05, 3.63) is 23.7 Å². The van der Waals surface area contributed by atoms with E-state index in [1.165, 1.54) is 13.0 Å². The molecule has 1 aromatic heterocycles. The number of hydrogen-bond acceptors (Lipinski definition) is 5. The number of carboxylic acid groups (broad SMARTS) is 1. The fourth-order valence-electron chi connectivity index (χ4n) is 1.32. The van der Waals surface area contributed by atoms with E-state index in [0.29, 0.717) is 11.5 Å². The minimum atomic E-state index is -1.35. The van der Waals surface area contributed by atoms with Gasteiger partial charge in [0.25, 0.3) is 5.91 Å². The molecule has 1 aromatic rings. The first kappa shape index (κ1) is 14.6. The summed E-state index contributed by atoms with van der Waals surface area (Å²) in [5.41, 5.74) is 0. The van der Waals surface area contributed by atoms with Gasteiger partial charge in [-0.1, -0.05) is 0 Å². The average Bonchev–Trinajstić information content (AvgIpc) is 2.73. The molecule has 1 amide bonds. The molecular weight excluding hydrogens is 258 g/mol. The van der Waals surface area contributed by atoms with Crippen molar-refractivity contribution in [1.82, 2.24) is 5.32 Å². The van der Waals surface area contributed by atoms with E-state index in [1.807, 2.05) is 6.26 Å². The van der Waals surface area contributed by atoms with Gasteiger partial charge in [-0.2, -0.15) is 11.8 Å². The first-order chi connectivity index (χ1) is 8.45. The van der Waals surface area contributed by atoms with Gasteiger partial charge >= 0.3 is 5.97 Å². The van der Waals surface area contributed by atoms with Crippen LogP contribution in [0.2, 0.25) is 0 Å². The summed E-state index contributed by atoms with van der Waals surface area (Å²) in [7, 11) is 0. The molecule has 100 valence electrons. The van der Waals surface area contributed by atoms with Gasteiger partial charge in [0, 0.05) is 0 Å². The summed E-state index contributed by atoms with van der Waals surface area (Å²) in [6.45, 7) is 1.29. The van der Waals surface area contributed by atoms with Crippen LogP contribution in [0.3, 0.4) is 0 Å². The monoisotopic (exact) mass is 273 g/mol. The standard InChI is InChI=1S/C11H15NO5S/c1-6(13)9(11(15)16)12-10(14)8-4-3-7(17-8)5-18-2/h3-4,6,9,13H,5H2,1-2H3,(H,12,14)(H,15,16). The Balaban J connectivity index is 2.71. The summed E-state index contributed by atoms with van der Waals surface area (Å²) >= 11 is 1.54. The Morgan fingerprint density at radius 1 is 1.50 bits per heavy atom. The van der Waals surface area contributed by atoms with Crippen LogP contribution in [0, 0.1) is 0 Å². The highest BCUT2D eigenvalue weighted by atomic mass is 32.2. The third-order valence-electron chi connectivity index (χ3n) is 2.21. The van der Waals surface area contributed by atoms with E-state index < -0.39 is 24.0 Å². The van der Waals surface area contributed by atoms with Crippen LogP contribution in [-0.2, 0) is 10.5 Å². The molecule has 0 aliphatic carbocycles. The van der Waals surface area contributed by atoms with Crippen molar-refractivity contribution >= 4 is 23.6 Å². The molecule has 0 saturated heterocycles. The highest BCUT2D eigenvalue weighted by molar-refractivity contribution is 7.97. The van der Waals surface area contributed by atoms with Crippen LogP contribution in [0.1, 0.15) is 23.2 Å². The predicted molar refractivity (Wildman–Crippen MR) is 66.5 cm³/mol. The maximum atomic E-state index is 11.7. The van der Waals surface area contributed by atoms with Crippen LogP contribution in [-0.4, -0.2) is 40.5 Å². The molecule has 0 radical (unpaired) electrons. The highest BCUT2D eigenvalue weighted by Gasteiger charge is 2.26. The van der Waals surface area contributed by atoms with Gasteiger partial charge in [0.1, 0.15) is 5.76 Å². The van der Waals surface area contributed by atoms with Crippen molar-refractivity contribution in [2.75, 3.05) is 6.26 Å². The van der Waals surface area contributed by atoms with E-state index in [-0.39, 0.29) is 5.76 Å². The molecule has 0 aliphatic heterocycles. The number of carbonyl (C=O) groups is 2. The normalized spacial score (nSPS) is 13.9. The number of amides is 1. The molecule has 2 unspecified atom stereocenters. The number of nitrogens with one attached hydrogen (secondary N) is 1. The van der Waals surface area contributed by atoms with E-state index >= 15 is 0 Å². The quantitative estimate of drug-likeness (QED) is 0.705. The smallest absolute Gasteiger partial charge is 0.328 e. The van der Waals surface area contributed by atoms with E-state index in [2.05, 4.69) is 5.32 Å². The molecule has 7 heteroatoms. The van der Waals surface area contributed by atoms with Crippen molar-refractivity contribution in [2.24, 2.45) is 0 Å². The zero-order chi connectivity index (χ0) is 13.7. The largest absolute Gasteiger partial charge is 0.480 e. The molecule has 1 rings (SSSR count). The molecule has 0 fully saturated rings. The lowest BCUT2D eigenvalue weighted by Gasteiger charge is -2.15. The third-order valence-corrected chi connectivity index (χ3v) is 2.78. The van der Waals surface area contributed by atoms with Crippen molar-refractivity contribution in [3.8, 4) is 0 Å². The Bertz CT molecular complexity index is 429. The fraction of sp³-hybridized carbons (Fsp3) is 0.455. The summed E-state index contributed by atoms with van der Waals surface area (Å²) in [5.74, 6) is -0.654. The maximum absolute atomic E-state index is 11.7. The van der Waals surface area contributed by atoms with Crippen LogP contribution in [0.5, 0.6) is 0 Å². The second-order valence-electron chi connectivity index (χ2n) is 3.73. The predicted octanol–water partition coefficient (Wildman–Crippen LogP) is 0.706. The SMILES string of the molecule is CSCc1ccc(C(=O)NC(C(=O)O)C(C)O)o1. The first-order valence-electron chi connectivity index (χ1n) is 5.25. The average molecular weight is 273 g/mol. The summed E-state index contributed by atoms with van der Waals surface area (Å²) in [4.78, 5) is 22.5. The number of furan rings is 1. The van der Waals surface area contributed by atoms with Crippen molar-refractivity contribution in [1.29, 1.82) is 0 Å². The number of carboxylic acids is 1. The molecule has 2 atom stereocenters. The minimum absolute atomic E-state index is 0.0333. The molecule has 0 saturated carbocycles. The Morgan fingerprint density at radius 2 is 2.17 bits per heavy atom. The van der Waals surface area contributed by atoms with Crippen LogP contribution in [0.15, 0.2) is 16.5 Å². The maximum Gasteiger partial charge on any atom is 0.328 e. The molecule has 0 bridgehead atoms. The van der Waals surface area contributed by atoms with Gasteiger partial charge in [-0.05, 0) is 25.3 Å². The molecule has 0 aliphatic rings. The number of carbonyl (C=O) groups excluding carboxylic acids is 1. The zero-order valence-electron chi connectivity index (χ0n) is 10.0. The molecule has 18 heavy (non-hydrogen) atoms. The fourth-order valence-corrected chi connectivity index (χ4v) is 1.76. The third kappa shape index (κ3) is 3.78. The van der Waals surface area contributed by atoms with Gasteiger partial charge in [0.2, 0.25) is 0 Å². The molecule has 6 nitrogen and oxygen atoms in total. The van der Waals surface area contributed by atoms with E-state index in [9.17, 15) is 14.7 Å². The molecule has 3 N–H and O–H groups in total. The molecule has 0 aromatic carbocycles. The topological polar surface area (TPSA) is 99.8 Å². The highest BCUT2D eigenvalue weighted by Crippen LogP contribution is 2.13. The minimum Gasteiger partial charge on any atom is -0.480 e. The Hall–Kier alpha value is -1.47. The van der Waals surface area contributed by atoms with Crippen LogP contribution in [0.4, 0.5) is 0 Å². The van der Waals surface area contributed by atoms with Crippen molar-refractivity contribution in [3.63, 3.8) is 0 Å². The molecular formula is C11H15NO5S. The van der Waals surface area contributed by atoms with Crippen LogP contribution in [0.25, 0.3) is 0 Å². The van der Waals surface area contributed by atoms with Gasteiger partial charge in [-0.25, -0.2) is 4.79 Å².